The van der Waals surface area contributed by atoms with Gasteiger partial charge in [0.2, 0.25) is 5.91 Å². The molecule has 1 N–H and O–H groups in total. The highest BCUT2D eigenvalue weighted by Gasteiger charge is 2.42. The molecule has 0 aromatic carbocycles. The monoisotopic (exact) mass is 279 g/mol. The summed E-state index contributed by atoms with van der Waals surface area (Å²) in [6, 6.07) is 4.50. The van der Waals surface area contributed by atoms with Crippen molar-refractivity contribution in [2.75, 3.05) is 20.1 Å². The SMILES string of the molecule is CC1NC(c2cccs2)N(C2CCN(C)CC2)C1=O. The Morgan fingerprint density at radius 2 is 2.11 bits per heavy atom. The third-order valence-corrected chi connectivity index (χ3v) is 5.13. The van der Waals surface area contributed by atoms with Crippen molar-refractivity contribution in [1.82, 2.24) is 15.1 Å². The lowest BCUT2D eigenvalue weighted by Gasteiger charge is -2.37. The van der Waals surface area contributed by atoms with Crippen LogP contribution < -0.4 is 5.32 Å². The van der Waals surface area contributed by atoms with Crippen LogP contribution in [0, 0.1) is 0 Å². The second-order valence-corrected chi connectivity index (χ2v) is 6.57. The van der Waals surface area contributed by atoms with E-state index in [9.17, 15) is 4.79 Å². The quantitative estimate of drug-likeness (QED) is 0.894. The maximum absolute atomic E-state index is 12.4. The van der Waals surface area contributed by atoms with Crippen molar-refractivity contribution in [2.24, 2.45) is 0 Å². The number of hydrogen-bond donors (Lipinski definition) is 1. The predicted octanol–water partition coefficient (Wildman–Crippen LogP) is 1.66. The van der Waals surface area contributed by atoms with Crippen LogP contribution in [-0.2, 0) is 4.79 Å². The van der Waals surface area contributed by atoms with Gasteiger partial charge in [-0.1, -0.05) is 6.07 Å². The fourth-order valence-electron chi connectivity index (χ4n) is 3.07. The van der Waals surface area contributed by atoms with Gasteiger partial charge in [0.05, 0.1) is 6.04 Å². The second-order valence-electron chi connectivity index (χ2n) is 5.59. The number of piperidine rings is 1. The van der Waals surface area contributed by atoms with Gasteiger partial charge in [0.1, 0.15) is 6.17 Å². The van der Waals surface area contributed by atoms with Gasteiger partial charge in [-0.3, -0.25) is 10.1 Å². The van der Waals surface area contributed by atoms with E-state index in [-0.39, 0.29) is 18.1 Å². The lowest BCUT2D eigenvalue weighted by atomic mass is 10.0. The summed E-state index contributed by atoms with van der Waals surface area (Å²) in [7, 11) is 2.15. The number of carbonyl (C=O) groups is 1. The minimum Gasteiger partial charge on any atom is -0.318 e. The number of amides is 1. The summed E-state index contributed by atoms with van der Waals surface area (Å²) in [5.74, 6) is 0.257. The van der Waals surface area contributed by atoms with E-state index < -0.39 is 0 Å². The highest BCUT2D eigenvalue weighted by Crippen LogP contribution is 2.33. The molecule has 2 fully saturated rings. The first-order chi connectivity index (χ1) is 9.16. The Bertz CT molecular complexity index is 440. The Labute approximate surface area is 118 Å². The van der Waals surface area contributed by atoms with Crippen molar-refractivity contribution in [3.05, 3.63) is 22.4 Å². The molecule has 3 heterocycles. The van der Waals surface area contributed by atoms with Gasteiger partial charge in [-0.2, -0.15) is 0 Å². The molecular formula is C14H21N3OS. The van der Waals surface area contributed by atoms with Gasteiger partial charge in [0.25, 0.3) is 0 Å². The summed E-state index contributed by atoms with van der Waals surface area (Å²) in [5, 5.41) is 5.52. The summed E-state index contributed by atoms with van der Waals surface area (Å²) in [6.45, 7) is 4.14. The van der Waals surface area contributed by atoms with E-state index in [1.165, 1.54) is 4.88 Å². The molecule has 0 bridgehead atoms. The van der Waals surface area contributed by atoms with Gasteiger partial charge in [-0.25, -0.2) is 0 Å². The van der Waals surface area contributed by atoms with Crippen LogP contribution >= 0.6 is 11.3 Å². The van der Waals surface area contributed by atoms with E-state index in [0.717, 1.165) is 25.9 Å². The van der Waals surface area contributed by atoms with Gasteiger partial charge < -0.3 is 9.80 Å². The molecule has 0 radical (unpaired) electrons. The molecule has 0 aliphatic carbocycles. The van der Waals surface area contributed by atoms with Crippen LogP contribution in [0.1, 0.15) is 30.8 Å². The summed E-state index contributed by atoms with van der Waals surface area (Å²) in [4.78, 5) is 18.1. The third-order valence-electron chi connectivity index (χ3n) is 4.21. The van der Waals surface area contributed by atoms with Crippen molar-refractivity contribution in [2.45, 2.75) is 38.0 Å². The fraction of sp³-hybridized carbons (Fsp3) is 0.643. The number of nitrogens with one attached hydrogen (secondary N) is 1. The van der Waals surface area contributed by atoms with Crippen molar-refractivity contribution >= 4 is 17.2 Å². The normalized spacial score (nSPS) is 30.2. The molecule has 2 atom stereocenters. The van der Waals surface area contributed by atoms with Gasteiger partial charge >= 0.3 is 0 Å². The molecule has 104 valence electrons. The number of rotatable bonds is 2. The largest absolute Gasteiger partial charge is 0.318 e. The predicted molar refractivity (Wildman–Crippen MR) is 77.0 cm³/mol. The standard InChI is InChI=1S/C14H21N3OS/c1-10-14(18)17(11-5-7-16(2)8-6-11)13(15-10)12-4-3-9-19-12/h3-4,9-11,13,15H,5-8H2,1-2H3. The number of nitrogens with zero attached hydrogens (tertiary/aromatic N) is 2. The van der Waals surface area contributed by atoms with Crippen LogP contribution in [0.4, 0.5) is 0 Å². The Hall–Kier alpha value is -0.910. The first kappa shape index (κ1) is 13.1. The van der Waals surface area contributed by atoms with E-state index in [4.69, 9.17) is 0 Å². The maximum atomic E-state index is 12.4. The zero-order chi connectivity index (χ0) is 13.4. The fourth-order valence-corrected chi connectivity index (χ4v) is 3.85. The van der Waals surface area contributed by atoms with Gasteiger partial charge in [0, 0.05) is 10.9 Å². The lowest BCUT2D eigenvalue weighted by Crippen LogP contribution is -2.46. The van der Waals surface area contributed by atoms with Crippen molar-refractivity contribution < 1.29 is 4.79 Å². The summed E-state index contributed by atoms with van der Waals surface area (Å²) in [6.07, 6.45) is 2.24. The first-order valence-electron chi connectivity index (χ1n) is 6.97. The molecule has 4 nitrogen and oxygen atoms in total. The number of carbonyl (C=O) groups excluding carboxylic acids is 1. The topological polar surface area (TPSA) is 35.6 Å². The molecule has 1 amide bonds. The van der Waals surface area contributed by atoms with E-state index in [0.29, 0.717) is 6.04 Å². The van der Waals surface area contributed by atoms with E-state index in [1.807, 2.05) is 6.92 Å². The lowest BCUT2D eigenvalue weighted by molar-refractivity contribution is -0.133. The zero-order valence-electron chi connectivity index (χ0n) is 11.5. The van der Waals surface area contributed by atoms with Crippen LogP contribution in [0.2, 0.25) is 0 Å². The molecule has 2 unspecified atom stereocenters. The Morgan fingerprint density at radius 1 is 1.37 bits per heavy atom. The van der Waals surface area contributed by atoms with Crippen LogP contribution in [0.15, 0.2) is 17.5 Å². The van der Waals surface area contributed by atoms with E-state index in [1.54, 1.807) is 11.3 Å². The molecule has 3 rings (SSSR count). The average Bonchev–Trinajstić information content (AvgIpc) is 3.01. The molecule has 19 heavy (non-hydrogen) atoms. The van der Waals surface area contributed by atoms with Crippen molar-refractivity contribution in [3.63, 3.8) is 0 Å². The highest BCUT2D eigenvalue weighted by atomic mass is 32.1. The van der Waals surface area contributed by atoms with Crippen LogP contribution in [0.5, 0.6) is 0 Å². The van der Waals surface area contributed by atoms with E-state index >= 15 is 0 Å². The van der Waals surface area contributed by atoms with E-state index in [2.05, 4.69) is 39.7 Å². The van der Waals surface area contributed by atoms with Crippen LogP contribution in [0.3, 0.4) is 0 Å². The maximum Gasteiger partial charge on any atom is 0.241 e. The van der Waals surface area contributed by atoms with Gasteiger partial charge in [0.15, 0.2) is 0 Å². The van der Waals surface area contributed by atoms with Gasteiger partial charge in [-0.15, -0.1) is 11.3 Å². The molecule has 2 aliphatic rings. The number of hydrogen-bond acceptors (Lipinski definition) is 4. The molecule has 2 saturated heterocycles. The summed E-state index contributed by atoms with van der Waals surface area (Å²) >= 11 is 1.73. The smallest absolute Gasteiger partial charge is 0.241 e. The Morgan fingerprint density at radius 3 is 2.74 bits per heavy atom. The summed E-state index contributed by atoms with van der Waals surface area (Å²) < 4.78 is 0. The number of thiophene rings is 1. The van der Waals surface area contributed by atoms with Crippen LogP contribution in [0.25, 0.3) is 0 Å². The molecular weight excluding hydrogens is 258 g/mol. The Kier molecular flexibility index (Phi) is 3.60. The molecule has 0 saturated carbocycles. The van der Waals surface area contributed by atoms with Crippen molar-refractivity contribution in [3.8, 4) is 0 Å². The Balaban J connectivity index is 1.81. The zero-order valence-corrected chi connectivity index (χ0v) is 12.3. The molecule has 2 aliphatic heterocycles. The molecule has 5 heteroatoms. The molecule has 0 spiro atoms. The minimum atomic E-state index is -0.0632. The third kappa shape index (κ3) is 2.42. The van der Waals surface area contributed by atoms with Gasteiger partial charge in [-0.05, 0) is 51.3 Å². The summed E-state index contributed by atoms with van der Waals surface area (Å²) in [5.41, 5.74) is 0. The molecule has 1 aromatic heterocycles. The number of likely N-dealkylation sites (tertiary alicyclic amines) is 1. The highest BCUT2D eigenvalue weighted by molar-refractivity contribution is 7.10. The van der Waals surface area contributed by atoms with Crippen LogP contribution in [-0.4, -0.2) is 47.9 Å². The molecule has 1 aromatic rings. The average molecular weight is 279 g/mol. The van der Waals surface area contributed by atoms with Crippen molar-refractivity contribution in [1.29, 1.82) is 0 Å². The first-order valence-corrected chi connectivity index (χ1v) is 7.85. The minimum absolute atomic E-state index is 0.0632. The second kappa shape index (κ2) is 5.23.